The van der Waals surface area contributed by atoms with Crippen molar-refractivity contribution in [2.24, 2.45) is 0 Å². The van der Waals surface area contributed by atoms with Crippen LogP contribution in [0.15, 0.2) is 18.3 Å². The van der Waals surface area contributed by atoms with E-state index in [1.54, 1.807) is 0 Å². The summed E-state index contributed by atoms with van der Waals surface area (Å²) in [7, 11) is 0. The van der Waals surface area contributed by atoms with Crippen molar-refractivity contribution >= 4 is 10.9 Å². The molecule has 0 saturated heterocycles. The Morgan fingerprint density at radius 1 is 1.08 bits per heavy atom. The molecule has 1 aromatic carbocycles. The molecule has 7 heteroatoms. The number of fused-ring (bicyclic) bond motifs is 1. The molecular weight excluding hydrogens is 317 g/mol. The molecule has 2 aromatic heterocycles. The summed E-state index contributed by atoms with van der Waals surface area (Å²) >= 11 is 0. The summed E-state index contributed by atoms with van der Waals surface area (Å²) in [4.78, 5) is 3.36. The van der Waals surface area contributed by atoms with Crippen LogP contribution < -0.4 is 5.32 Å². The Bertz CT molecular complexity index is 874. The average Bonchev–Trinajstić information content (AvgIpc) is 3.06. The lowest BCUT2D eigenvalue weighted by Gasteiger charge is -2.10. The molecule has 0 spiro atoms. The number of hydrogen-bond donors (Lipinski definition) is 3. The van der Waals surface area contributed by atoms with Gasteiger partial charge in [0.1, 0.15) is 5.69 Å². The fourth-order valence-electron chi connectivity index (χ4n) is 2.95. The molecule has 0 radical (unpaired) electrons. The van der Waals surface area contributed by atoms with Crippen LogP contribution in [0.2, 0.25) is 0 Å². The molecule has 0 aliphatic rings. The van der Waals surface area contributed by atoms with Crippen molar-refractivity contribution in [2.45, 2.75) is 40.0 Å². The van der Waals surface area contributed by atoms with Crippen LogP contribution in [-0.2, 0) is 19.3 Å². The van der Waals surface area contributed by atoms with Crippen LogP contribution in [0.1, 0.15) is 33.6 Å². The molecule has 0 fully saturated rings. The molecule has 0 saturated carbocycles. The second-order valence-corrected chi connectivity index (χ2v) is 6.09. The summed E-state index contributed by atoms with van der Waals surface area (Å²) in [6, 6.07) is 4.17. The number of aromatic amines is 2. The average molecular weight is 336 g/mol. The quantitative estimate of drug-likeness (QED) is 0.671. The Labute approximate surface area is 137 Å². The summed E-state index contributed by atoms with van der Waals surface area (Å²) in [6.45, 7) is 6.66. The summed E-state index contributed by atoms with van der Waals surface area (Å²) in [5, 5.41) is 9.77. The highest BCUT2D eigenvalue weighted by Gasteiger charge is 2.35. The zero-order valence-corrected chi connectivity index (χ0v) is 13.7. The number of aromatic nitrogens is 3. The van der Waals surface area contributed by atoms with Gasteiger partial charge in [0.05, 0.1) is 11.7 Å². The van der Waals surface area contributed by atoms with E-state index >= 15 is 0 Å². The van der Waals surface area contributed by atoms with Gasteiger partial charge in [-0.05, 0) is 38.0 Å². The lowest BCUT2D eigenvalue weighted by atomic mass is 10.0. The first kappa shape index (κ1) is 16.6. The molecule has 2 heterocycles. The number of nitrogens with zero attached hydrogens (tertiary/aromatic N) is 1. The van der Waals surface area contributed by atoms with E-state index < -0.39 is 11.9 Å². The summed E-state index contributed by atoms with van der Waals surface area (Å²) in [5.41, 5.74) is 4.82. The number of rotatable bonds is 4. The van der Waals surface area contributed by atoms with E-state index in [4.69, 9.17) is 0 Å². The van der Waals surface area contributed by atoms with Gasteiger partial charge < -0.3 is 10.3 Å². The van der Waals surface area contributed by atoms with E-state index in [1.807, 2.05) is 25.0 Å². The second kappa shape index (κ2) is 5.98. The Hall–Kier alpha value is -2.28. The third-order valence-corrected chi connectivity index (χ3v) is 4.28. The second-order valence-electron chi connectivity index (χ2n) is 6.09. The SMILES string of the molecule is Cc1cc(CNCc2cn[nH]c2C(F)(F)F)c2[nH]c(C)c(C)c2c1. The number of halogens is 3. The van der Waals surface area contributed by atoms with E-state index in [0.29, 0.717) is 6.54 Å². The number of benzene rings is 1. The van der Waals surface area contributed by atoms with Gasteiger partial charge in [0.25, 0.3) is 0 Å². The molecule has 0 unspecified atom stereocenters. The summed E-state index contributed by atoms with van der Waals surface area (Å²) < 4.78 is 38.5. The minimum Gasteiger partial charge on any atom is -0.358 e. The molecule has 0 aliphatic heterocycles. The van der Waals surface area contributed by atoms with Gasteiger partial charge in [-0.25, -0.2) is 0 Å². The first-order valence-electron chi connectivity index (χ1n) is 7.66. The zero-order chi connectivity index (χ0) is 17.5. The molecular formula is C17H19F3N4. The van der Waals surface area contributed by atoms with Gasteiger partial charge in [0.2, 0.25) is 0 Å². The maximum Gasteiger partial charge on any atom is 0.433 e. The molecule has 0 aliphatic carbocycles. The van der Waals surface area contributed by atoms with Gasteiger partial charge >= 0.3 is 6.18 Å². The van der Waals surface area contributed by atoms with Crippen molar-refractivity contribution in [2.75, 3.05) is 0 Å². The highest BCUT2D eigenvalue weighted by Crippen LogP contribution is 2.30. The smallest absolute Gasteiger partial charge is 0.358 e. The fraction of sp³-hybridized carbons (Fsp3) is 0.353. The van der Waals surface area contributed by atoms with Crippen LogP contribution in [0, 0.1) is 20.8 Å². The van der Waals surface area contributed by atoms with Gasteiger partial charge in [0.15, 0.2) is 0 Å². The number of nitrogens with one attached hydrogen (secondary N) is 3. The minimum atomic E-state index is -4.42. The number of H-pyrrole nitrogens is 2. The predicted octanol–water partition coefficient (Wildman–Crippen LogP) is 4.12. The van der Waals surface area contributed by atoms with Gasteiger partial charge in [0, 0.05) is 29.7 Å². The summed E-state index contributed by atoms with van der Waals surface area (Å²) in [5.74, 6) is 0. The maximum absolute atomic E-state index is 12.8. The van der Waals surface area contributed by atoms with Crippen molar-refractivity contribution in [3.05, 3.63) is 52.0 Å². The highest BCUT2D eigenvalue weighted by atomic mass is 19.4. The topological polar surface area (TPSA) is 56.5 Å². The standard InChI is InChI=1S/C17H19F3N4/c1-9-4-12(15-14(5-9)10(2)11(3)23-15)6-21-7-13-8-22-24-16(13)17(18,19)20/h4-5,8,21,23H,6-7H2,1-3H3,(H,22,24). The molecule has 0 bridgehead atoms. The van der Waals surface area contributed by atoms with E-state index in [0.717, 1.165) is 27.7 Å². The Balaban J connectivity index is 1.80. The zero-order valence-electron chi connectivity index (χ0n) is 13.7. The molecule has 3 aromatic rings. The van der Waals surface area contributed by atoms with Gasteiger partial charge in [-0.3, -0.25) is 5.10 Å². The van der Waals surface area contributed by atoms with E-state index in [2.05, 4.69) is 28.4 Å². The Morgan fingerprint density at radius 2 is 1.79 bits per heavy atom. The largest absolute Gasteiger partial charge is 0.433 e. The van der Waals surface area contributed by atoms with E-state index in [-0.39, 0.29) is 12.1 Å². The van der Waals surface area contributed by atoms with Crippen molar-refractivity contribution in [1.82, 2.24) is 20.5 Å². The van der Waals surface area contributed by atoms with Crippen molar-refractivity contribution in [1.29, 1.82) is 0 Å². The van der Waals surface area contributed by atoms with Crippen molar-refractivity contribution in [3.8, 4) is 0 Å². The van der Waals surface area contributed by atoms with Crippen molar-refractivity contribution < 1.29 is 13.2 Å². The molecule has 24 heavy (non-hydrogen) atoms. The highest BCUT2D eigenvalue weighted by molar-refractivity contribution is 5.87. The molecule has 3 rings (SSSR count). The fourth-order valence-corrected chi connectivity index (χ4v) is 2.95. The number of hydrogen-bond acceptors (Lipinski definition) is 2. The molecule has 3 N–H and O–H groups in total. The number of aryl methyl sites for hydroxylation is 3. The first-order chi connectivity index (χ1) is 11.3. The lowest BCUT2D eigenvalue weighted by molar-refractivity contribution is -0.141. The van der Waals surface area contributed by atoms with Gasteiger partial charge in [-0.15, -0.1) is 0 Å². The monoisotopic (exact) mass is 336 g/mol. The molecule has 128 valence electrons. The first-order valence-corrected chi connectivity index (χ1v) is 7.66. The van der Waals surface area contributed by atoms with Crippen LogP contribution >= 0.6 is 0 Å². The third kappa shape index (κ3) is 3.03. The van der Waals surface area contributed by atoms with E-state index in [9.17, 15) is 13.2 Å². The van der Waals surface area contributed by atoms with Gasteiger partial charge in [-0.2, -0.15) is 18.3 Å². The van der Waals surface area contributed by atoms with Crippen LogP contribution in [0.4, 0.5) is 13.2 Å². The normalized spacial score (nSPS) is 12.2. The maximum atomic E-state index is 12.8. The Kier molecular flexibility index (Phi) is 4.13. The lowest BCUT2D eigenvalue weighted by Crippen LogP contribution is -2.17. The van der Waals surface area contributed by atoms with Crippen LogP contribution in [-0.4, -0.2) is 15.2 Å². The summed E-state index contributed by atoms with van der Waals surface area (Å²) in [6.07, 6.45) is -3.21. The molecule has 0 atom stereocenters. The third-order valence-electron chi connectivity index (χ3n) is 4.28. The minimum absolute atomic E-state index is 0.0967. The van der Waals surface area contributed by atoms with Crippen molar-refractivity contribution in [3.63, 3.8) is 0 Å². The Morgan fingerprint density at radius 3 is 2.50 bits per heavy atom. The predicted molar refractivity (Wildman–Crippen MR) is 86.6 cm³/mol. The van der Waals surface area contributed by atoms with Gasteiger partial charge in [-0.1, -0.05) is 11.6 Å². The van der Waals surface area contributed by atoms with Crippen LogP contribution in [0.25, 0.3) is 10.9 Å². The number of alkyl halides is 3. The van der Waals surface area contributed by atoms with Crippen LogP contribution in [0.3, 0.4) is 0 Å². The molecule has 0 amide bonds. The molecule has 4 nitrogen and oxygen atoms in total. The van der Waals surface area contributed by atoms with Crippen LogP contribution in [0.5, 0.6) is 0 Å². The van der Waals surface area contributed by atoms with E-state index in [1.165, 1.54) is 11.8 Å².